The summed E-state index contributed by atoms with van der Waals surface area (Å²) in [5.41, 5.74) is 1.03. The molecule has 1 aromatic rings. The Morgan fingerprint density at radius 3 is 2.69 bits per heavy atom. The van der Waals surface area contributed by atoms with E-state index in [0.717, 1.165) is 12.0 Å². The quantitative estimate of drug-likeness (QED) is 0.691. The largest absolute Gasteiger partial charge is 0.371 e. The first-order valence-electron chi connectivity index (χ1n) is 4.11. The molecule has 1 rings (SSSR count). The second-order valence-corrected chi connectivity index (χ2v) is 3.45. The molecule has 0 N–H and O–H groups in total. The zero-order valence-electron chi connectivity index (χ0n) is 7.39. The van der Waals surface area contributed by atoms with Crippen molar-refractivity contribution in [2.75, 3.05) is 0 Å². The van der Waals surface area contributed by atoms with Gasteiger partial charge in [0.2, 0.25) is 0 Å². The fraction of sp³-hybridized carbons (Fsp3) is 0.300. The normalized spacial score (nSPS) is 10.4. The molecule has 0 saturated carbocycles. The molecule has 0 saturated heterocycles. The van der Waals surface area contributed by atoms with E-state index >= 15 is 0 Å². The number of ether oxygens (including phenoxy) is 1. The standard InChI is InChI=1S/C10H11Cl2O/c1-2-5-13-7-8-3-4-9(11)10(12)6-8/h3-6H,2,7H2,1H3. The zero-order valence-corrected chi connectivity index (χ0v) is 8.90. The molecule has 0 amide bonds. The summed E-state index contributed by atoms with van der Waals surface area (Å²) >= 11 is 11.6. The highest BCUT2D eigenvalue weighted by Crippen LogP contribution is 2.22. The molecule has 1 aromatic carbocycles. The molecule has 1 radical (unpaired) electrons. The van der Waals surface area contributed by atoms with Crippen molar-refractivity contribution in [2.24, 2.45) is 0 Å². The maximum Gasteiger partial charge on any atom is 0.0838 e. The van der Waals surface area contributed by atoms with Gasteiger partial charge in [0.15, 0.2) is 0 Å². The van der Waals surface area contributed by atoms with Gasteiger partial charge in [0.1, 0.15) is 0 Å². The van der Waals surface area contributed by atoms with Crippen LogP contribution >= 0.6 is 23.2 Å². The summed E-state index contributed by atoms with van der Waals surface area (Å²) < 4.78 is 5.24. The minimum absolute atomic E-state index is 0.546. The predicted molar refractivity (Wildman–Crippen MR) is 55.8 cm³/mol. The number of rotatable bonds is 4. The third-order valence-electron chi connectivity index (χ3n) is 1.52. The highest BCUT2D eigenvalue weighted by molar-refractivity contribution is 6.41. The van der Waals surface area contributed by atoms with E-state index in [1.807, 2.05) is 19.1 Å². The second-order valence-electron chi connectivity index (χ2n) is 2.63. The van der Waals surface area contributed by atoms with Gasteiger partial charge in [0.25, 0.3) is 0 Å². The third kappa shape index (κ3) is 3.55. The van der Waals surface area contributed by atoms with E-state index in [0.29, 0.717) is 16.7 Å². The lowest BCUT2D eigenvalue weighted by molar-refractivity contribution is 0.181. The van der Waals surface area contributed by atoms with E-state index in [9.17, 15) is 0 Å². The summed E-state index contributed by atoms with van der Waals surface area (Å²) in [6.45, 7) is 4.34. The topological polar surface area (TPSA) is 9.23 Å². The highest BCUT2D eigenvalue weighted by Gasteiger charge is 1.98. The number of hydrogen-bond acceptors (Lipinski definition) is 1. The van der Waals surface area contributed by atoms with Crippen LogP contribution in [0.4, 0.5) is 0 Å². The average Bonchev–Trinajstić information content (AvgIpc) is 2.12. The van der Waals surface area contributed by atoms with Gasteiger partial charge in [-0.2, -0.15) is 0 Å². The first-order valence-corrected chi connectivity index (χ1v) is 4.87. The zero-order chi connectivity index (χ0) is 9.68. The molecule has 13 heavy (non-hydrogen) atoms. The third-order valence-corrected chi connectivity index (χ3v) is 2.26. The van der Waals surface area contributed by atoms with Crippen LogP contribution in [0.1, 0.15) is 18.9 Å². The Labute approximate surface area is 88.6 Å². The van der Waals surface area contributed by atoms with Gasteiger partial charge < -0.3 is 4.74 Å². The van der Waals surface area contributed by atoms with Gasteiger partial charge in [0, 0.05) is 0 Å². The van der Waals surface area contributed by atoms with Crippen LogP contribution in [0.5, 0.6) is 0 Å². The van der Waals surface area contributed by atoms with Gasteiger partial charge in [-0.05, 0) is 24.1 Å². The number of halogens is 2. The Hall–Kier alpha value is -0.240. The second kappa shape index (κ2) is 5.48. The van der Waals surface area contributed by atoms with Crippen molar-refractivity contribution in [3.8, 4) is 0 Å². The van der Waals surface area contributed by atoms with Crippen LogP contribution in [0.25, 0.3) is 0 Å². The van der Waals surface area contributed by atoms with Crippen LogP contribution in [0.2, 0.25) is 10.0 Å². The van der Waals surface area contributed by atoms with E-state index in [2.05, 4.69) is 0 Å². The van der Waals surface area contributed by atoms with E-state index in [4.69, 9.17) is 27.9 Å². The Bertz CT molecular complexity index is 274. The van der Waals surface area contributed by atoms with Crippen LogP contribution in [-0.4, -0.2) is 0 Å². The summed E-state index contributed by atoms with van der Waals surface area (Å²) in [5, 5.41) is 1.14. The lowest BCUT2D eigenvalue weighted by Crippen LogP contribution is -1.89. The maximum absolute atomic E-state index is 5.83. The van der Waals surface area contributed by atoms with E-state index in [1.165, 1.54) is 0 Å². The van der Waals surface area contributed by atoms with Crippen molar-refractivity contribution >= 4 is 23.2 Å². The molecule has 0 aromatic heterocycles. The highest BCUT2D eigenvalue weighted by atomic mass is 35.5. The number of hydrogen-bond donors (Lipinski definition) is 0. The fourth-order valence-corrected chi connectivity index (χ4v) is 1.22. The average molecular weight is 218 g/mol. The smallest absolute Gasteiger partial charge is 0.0838 e. The summed E-state index contributed by atoms with van der Waals surface area (Å²) in [4.78, 5) is 0. The summed E-state index contributed by atoms with van der Waals surface area (Å²) in [5.74, 6) is 0. The molecule has 1 nitrogen and oxygen atoms in total. The van der Waals surface area contributed by atoms with Crippen molar-refractivity contribution < 1.29 is 4.74 Å². The molecular formula is C10H11Cl2O. The molecular weight excluding hydrogens is 207 g/mol. The van der Waals surface area contributed by atoms with E-state index < -0.39 is 0 Å². The van der Waals surface area contributed by atoms with Crippen molar-refractivity contribution in [1.29, 1.82) is 0 Å². The first kappa shape index (κ1) is 10.8. The molecule has 0 aliphatic heterocycles. The van der Waals surface area contributed by atoms with Gasteiger partial charge in [-0.3, -0.25) is 0 Å². The van der Waals surface area contributed by atoms with Crippen LogP contribution in [0.15, 0.2) is 18.2 Å². The summed E-state index contributed by atoms with van der Waals surface area (Å²) in [7, 11) is 0. The molecule has 0 unspecified atom stereocenters. The Balaban J connectivity index is 2.53. The van der Waals surface area contributed by atoms with Gasteiger partial charge in [0.05, 0.1) is 23.3 Å². The molecule has 0 bridgehead atoms. The van der Waals surface area contributed by atoms with Crippen molar-refractivity contribution in [1.82, 2.24) is 0 Å². The van der Waals surface area contributed by atoms with E-state index in [1.54, 1.807) is 12.7 Å². The molecule has 0 spiro atoms. The van der Waals surface area contributed by atoms with Gasteiger partial charge in [-0.1, -0.05) is 36.2 Å². The fourth-order valence-electron chi connectivity index (χ4n) is 0.902. The van der Waals surface area contributed by atoms with Crippen molar-refractivity contribution in [2.45, 2.75) is 20.0 Å². The molecule has 0 atom stereocenters. The summed E-state index contributed by atoms with van der Waals surface area (Å²) in [6, 6.07) is 5.49. The van der Waals surface area contributed by atoms with Crippen molar-refractivity contribution in [3.05, 3.63) is 40.4 Å². The van der Waals surface area contributed by atoms with Gasteiger partial charge >= 0.3 is 0 Å². The monoisotopic (exact) mass is 217 g/mol. The minimum atomic E-state index is 0.546. The SMILES string of the molecule is CC[CH]OCc1ccc(Cl)c(Cl)c1. The van der Waals surface area contributed by atoms with Crippen LogP contribution in [0.3, 0.4) is 0 Å². The lowest BCUT2D eigenvalue weighted by Gasteiger charge is -2.03. The Morgan fingerprint density at radius 2 is 2.08 bits per heavy atom. The molecule has 0 fully saturated rings. The van der Waals surface area contributed by atoms with E-state index in [-0.39, 0.29) is 0 Å². The van der Waals surface area contributed by atoms with Crippen LogP contribution in [-0.2, 0) is 11.3 Å². The Morgan fingerprint density at radius 1 is 1.31 bits per heavy atom. The Kier molecular flexibility index (Phi) is 4.57. The van der Waals surface area contributed by atoms with Gasteiger partial charge in [-0.15, -0.1) is 0 Å². The molecule has 71 valence electrons. The minimum Gasteiger partial charge on any atom is -0.371 e. The maximum atomic E-state index is 5.83. The first-order chi connectivity index (χ1) is 6.24. The predicted octanol–water partition coefficient (Wildman–Crippen LogP) is 4.08. The number of benzene rings is 1. The summed E-state index contributed by atoms with van der Waals surface area (Å²) in [6.07, 6.45) is 0.904. The van der Waals surface area contributed by atoms with Crippen LogP contribution < -0.4 is 0 Å². The molecule has 3 heteroatoms. The molecule has 0 aliphatic carbocycles. The molecule has 0 heterocycles. The van der Waals surface area contributed by atoms with Gasteiger partial charge in [-0.25, -0.2) is 0 Å². The van der Waals surface area contributed by atoms with Crippen molar-refractivity contribution in [3.63, 3.8) is 0 Å². The lowest BCUT2D eigenvalue weighted by atomic mass is 10.2. The van der Waals surface area contributed by atoms with Crippen LogP contribution in [0, 0.1) is 6.61 Å². The molecule has 0 aliphatic rings.